The number of phenols is 1. The lowest BCUT2D eigenvalue weighted by atomic mass is 10.1. The summed E-state index contributed by atoms with van der Waals surface area (Å²) in [6.07, 6.45) is 0. The van der Waals surface area contributed by atoms with E-state index in [9.17, 15) is 5.11 Å². The molecule has 4 heteroatoms. The van der Waals surface area contributed by atoms with E-state index >= 15 is 0 Å². The highest BCUT2D eigenvalue weighted by molar-refractivity contribution is 9.11. The summed E-state index contributed by atoms with van der Waals surface area (Å²) < 4.78 is 1.67. The zero-order valence-electron chi connectivity index (χ0n) is 6.41. The van der Waals surface area contributed by atoms with Crippen molar-refractivity contribution in [3.8, 4) is 11.8 Å². The Labute approximate surface area is 87.2 Å². The second-order valence-electron chi connectivity index (χ2n) is 2.54. The summed E-state index contributed by atoms with van der Waals surface area (Å²) >= 11 is 4.74. The van der Waals surface area contributed by atoms with E-state index in [2.05, 4.69) is 22.0 Å². The van der Waals surface area contributed by atoms with Crippen molar-refractivity contribution >= 4 is 37.4 Å². The van der Waals surface area contributed by atoms with Gasteiger partial charge in [-0.05, 0) is 34.1 Å². The molecular weight excluding hydrogens is 250 g/mol. The SMILES string of the molecule is N#Cc1ccc(O)c2sc(Br)cc12. The van der Waals surface area contributed by atoms with Crippen LogP contribution in [0.3, 0.4) is 0 Å². The Hall–Kier alpha value is -1.05. The van der Waals surface area contributed by atoms with Crippen molar-refractivity contribution in [3.63, 3.8) is 0 Å². The highest BCUT2D eigenvalue weighted by atomic mass is 79.9. The van der Waals surface area contributed by atoms with Crippen LogP contribution in [0, 0.1) is 11.3 Å². The molecular formula is C9H4BrNOS. The van der Waals surface area contributed by atoms with Crippen LogP contribution >= 0.6 is 27.3 Å². The van der Waals surface area contributed by atoms with Gasteiger partial charge in [0.05, 0.1) is 20.1 Å². The lowest BCUT2D eigenvalue weighted by molar-refractivity contribution is 0.482. The molecule has 64 valence electrons. The molecule has 0 aliphatic rings. The van der Waals surface area contributed by atoms with Gasteiger partial charge in [0, 0.05) is 5.39 Å². The van der Waals surface area contributed by atoms with Crippen molar-refractivity contribution < 1.29 is 5.11 Å². The molecule has 0 atom stereocenters. The molecule has 1 heterocycles. The summed E-state index contributed by atoms with van der Waals surface area (Å²) in [5.41, 5.74) is 0.592. The van der Waals surface area contributed by atoms with Crippen molar-refractivity contribution in [2.24, 2.45) is 0 Å². The van der Waals surface area contributed by atoms with E-state index in [1.165, 1.54) is 11.3 Å². The molecule has 0 bridgehead atoms. The van der Waals surface area contributed by atoms with E-state index in [-0.39, 0.29) is 5.75 Å². The fourth-order valence-electron chi connectivity index (χ4n) is 1.18. The van der Waals surface area contributed by atoms with Gasteiger partial charge < -0.3 is 5.11 Å². The van der Waals surface area contributed by atoms with Crippen LogP contribution in [0.4, 0.5) is 0 Å². The number of thiophene rings is 1. The Morgan fingerprint density at radius 3 is 2.92 bits per heavy atom. The van der Waals surface area contributed by atoms with E-state index in [0.29, 0.717) is 5.56 Å². The van der Waals surface area contributed by atoms with E-state index in [4.69, 9.17) is 5.26 Å². The Bertz CT molecular complexity index is 512. The van der Waals surface area contributed by atoms with Crippen molar-refractivity contribution in [3.05, 3.63) is 27.5 Å². The monoisotopic (exact) mass is 253 g/mol. The first-order chi connectivity index (χ1) is 6.22. The summed E-state index contributed by atoms with van der Waals surface area (Å²) in [6.45, 7) is 0. The van der Waals surface area contributed by atoms with Gasteiger partial charge in [0.15, 0.2) is 0 Å². The fourth-order valence-corrected chi connectivity index (χ4v) is 2.71. The molecule has 13 heavy (non-hydrogen) atoms. The maximum absolute atomic E-state index is 9.48. The zero-order chi connectivity index (χ0) is 9.42. The van der Waals surface area contributed by atoms with E-state index in [1.54, 1.807) is 12.1 Å². The van der Waals surface area contributed by atoms with Crippen molar-refractivity contribution in [1.82, 2.24) is 0 Å². The first-order valence-electron chi connectivity index (χ1n) is 3.53. The van der Waals surface area contributed by atoms with Crippen LogP contribution in [-0.4, -0.2) is 5.11 Å². The largest absolute Gasteiger partial charge is 0.506 e. The molecule has 0 saturated heterocycles. The first-order valence-corrected chi connectivity index (χ1v) is 5.14. The number of fused-ring (bicyclic) bond motifs is 1. The van der Waals surface area contributed by atoms with Crippen LogP contribution in [0.15, 0.2) is 22.0 Å². The minimum Gasteiger partial charge on any atom is -0.506 e. The van der Waals surface area contributed by atoms with Crippen LogP contribution in [0.25, 0.3) is 10.1 Å². The van der Waals surface area contributed by atoms with Gasteiger partial charge in [-0.2, -0.15) is 5.26 Å². The molecule has 0 unspecified atom stereocenters. The van der Waals surface area contributed by atoms with Gasteiger partial charge in [-0.25, -0.2) is 0 Å². The van der Waals surface area contributed by atoms with Crippen molar-refractivity contribution in [1.29, 1.82) is 5.26 Å². The van der Waals surface area contributed by atoms with Gasteiger partial charge in [-0.15, -0.1) is 11.3 Å². The summed E-state index contributed by atoms with van der Waals surface area (Å²) in [5, 5.41) is 19.1. The Morgan fingerprint density at radius 2 is 2.23 bits per heavy atom. The zero-order valence-corrected chi connectivity index (χ0v) is 8.82. The number of nitriles is 1. The number of halogens is 1. The molecule has 2 nitrogen and oxygen atoms in total. The number of hydrogen-bond acceptors (Lipinski definition) is 3. The van der Waals surface area contributed by atoms with Crippen LogP contribution in [0.5, 0.6) is 5.75 Å². The quantitative estimate of drug-likeness (QED) is 0.784. The van der Waals surface area contributed by atoms with Gasteiger partial charge in [-0.3, -0.25) is 0 Å². The molecule has 0 aliphatic carbocycles. The van der Waals surface area contributed by atoms with Gasteiger partial charge >= 0.3 is 0 Å². The molecule has 0 spiro atoms. The number of benzene rings is 1. The summed E-state index contributed by atoms with van der Waals surface area (Å²) in [4.78, 5) is 0. The number of hydrogen-bond donors (Lipinski definition) is 1. The van der Waals surface area contributed by atoms with Crippen LogP contribution in [0.2, 0.25) is 0 Å². The average Bonchev–Trinajstić information content (AvgIpc) is 2.48. The van der Waals surface area contributed by atoms with Crippen molar-refractivity contribution in [2.75, 3.05) is 0 Å². The van der Waals surface area contributed by atoms with Gasteiger partial charge in [0.1, 0.15) is 5.75 Å². The van der Waals surface area contributed by atoms with E-state index in [0.717, 1.165) is 13.9 Å². The van der Waals surface area contributed by atoms with Gasteiger partial charge in [0.2, 0.25) is 0 Å². The third-order valence-corrected chi connectivity index (χ3v) is 3.41. The number of phenolic OH excluding ortho intramolecular Hbond substituents is 1. The van der Waals surface area contributed by atoms with Crippen LogP contribution in [-0.2, 0) is 0 Å². The predicted octanol–water partition coefficient (Wildman–Crippen LogP) is 3.24. The third-order valence-electron chi connectivity index (χ3n) is 1.75. The molecule has 1 aromatic carbocycles. The number of nitrogens with zero attached hydrogens (tertiary/aromatic N) is 1. The average molecular weight is 254 g/mol. The smallest absolute Gasteiger partial charge is 0.133 e. The normalized spacial score (nSPS) is 10.2. The highest BCUT2D eigenvalue weighted by Crippen LogP contribution is 2.37. The summed E-state index contributed by atoms with van der Waals surface area (Å²) in [7, 11) is 0. The molecule has 0 radical (unpaired) electrons. The third kappa shape index (κ3) is 1.30. The maximum Gasteiger partial charge on any atom is 0.133 e. The standard InChI is InChI=1S/C9H4BrNOS/c10-8-3-6-5(4-11)1-2-7(12)9(6)13-8/h1-3,12H. The molecule has 0 amide bonds. The molecule has 2 rings (SSSR count). The lowest BCUT2D eigenvalue weighted by Gasteiger charge is -1.94. The Morgan fingerprint density at radius 1 is 1.46 bits per heavy atom. The number of aromatic hydroxyl groups is 1. The molecule has 1 N–H and O–H groups in total. The topological polar surface area (TPSA) is 44.0 Å². The van der Waals surface area contributed by atoms with Crippen LogP contribution in [0.1, 0.15) is 5.56 Å². The lowest BCUT2D eigenvalue weighted by Crippen LogP contribution is -1.74. The van der Waals surface area contributed by atoms with E-state index < -0.39 is 0 Å². The summed E-state index contributed by atoms with van der Waals surface area (Å²) in [6, 6.07) is 7.10. The molecule has 2 aromatic rings. The Balaban J connectivity index is 2.94. The first kappa shape index (κ1) is 8.54. The highest BCUT2D eigenvalue weighted by Gasteiger charge is 2.08. The van der Waals surface area contributed by atoms with Crippen molar-refractivity contribution in [2.45, 2.75) is 0 Å². The molecule has 1 aromatic heterocycles. The summed E-state index contributed by atoms with van der Waals surface area (Å²) in [5.74, 6) is 0.227. The molecule has 0 aliphatic heterocycles. The Kier molecular flexibility index (Phi) is 1.98. The second kappa shape index (κ2) is 3.02. The fraction of sp³-hybridized carbons (Fsp3) is 0. The second-order valence-corrected chi connectivity index (χ2v) is 4.97. The van der Waals surface area contributed by atoms with Gasteiger partial charge in [0.25, 0.3) is 0 Å². The minimum absolute atomic E-state index is 0.227. The molecule has 0 fully saturated rings. The minimum atomic E-state index is 0.227. The van der Waals surface area contributed by atoms with E-state index in [1.807, 2.05) is 6.07 Å². The number of rotatable bonds is 0. The van der Waals surface area contributed by atoms with Gasteiger partial charge in [-0.1, -0.05) is 0 Å². The maximum atomic E-state index is 9.48. The molecule has 0 saturated carbocycles. The predicted molar refractivity (Wildman–Crippen MR) is 55.9 cm³/mol. The van der Waals surface area contributed by atoms with Crippen LogP contribution < -0.4 is 0 Å².